The zero-order chi connectivity index (χ0) is 27.6. The van der Waals surface area contributed by atoms with Crippen molar-refractivity contribution in [2.75, 3.05) is 21.3 Å². The minimum Gasteiger partial charge on any atom is -0.493 e. The number of carbonyl (C=O) groups is 1. The van der Waals surface area contributed by atoms with E-state index in [2.05, 4.69) is 36.7 Å². The first-order valence-electron chi connectivity index (χ1n) is 11.6. The number of esters is 1. The SMILES string of the molecule is COc1cc(C(=O)Oc2ccc3c(=O)c(Oc4ccc(C(C)(C)C)cc4)coc3c2)c(Br)c(OC)c1OC. The lowest BCUT2D eigenvalue weighted by atomic mass is 9.87. The smallest absolute Gasteiger partial charge is 0.344 e. The summed E-state index contributed by atoms with van der Waals surface area (Å²) < 4.78 is 33.4. The van der Waals surface area contributed by atoms with E-state index in [0.717, 1.165) is 5.56 Å². The number of benzene rings is 3. The van der Waals surface area contributed by atoms with Crippen molar-refractivity contribution in [1.29, 1.82) is 0 Å². The molecule has 1 heterocycles. The summed E-state index contributed by atoms with van der Waals surface area (Å²) in [7, 11) is 4.36. The Morgan fingerprint density at radius 1 is 0.842 bits per heavy atom. The molecular weight excluding hydrogens is 556 g/mol. The number of hydrogen-bond donors (Lipinski definition) is 0. The van der Waals surface area contributed by atoms with Gasteiger partial charge in [-0.1, -0.05) is 32.9 Å². The molecule has 0 unspecified atom stereocenters. The first-order valence-corrected chi connectivity index (χ1v) is 12.4. The van der Waals surface area contributed by atoms with Gasteiger partial charge in [0.1, 0.15) is 23.3 Å². The van der Waals surface area contributed by atoms with Crippen LogP contribution in [0.15, 0.2) is 68.5 Å². The molecule has 0 saturated heterocycles. The van der Waals surface area contributed by atoms with Gasteiger partial charge < -0.3 is 28.1 Å². The Kier molecular flexibility index (Phi) is 7.68. The van der Waals surface area contributed by atoms with Gasteiger partial charge in [0.2, 0.25) is 16.9 Å². The molecule has 0 atom stereocenters. The first kappa shape index (κ1) is 27.1. The molecule has 0 spiro atoms. The number of methoxy groups -OCH3 is 3. The molecule has 0 aliphatic heterocycles. The summed E-state index contributed by atoms with van der Waals surface area (Å²) in [6.45, 7) is 6.36. The second kappa shape index (κ2) is 10.8. The summed E-state index contributed by atoms with van der Waals surface area (Å²) in [4.78, 5) is 26.0. The highest BCUT2D eigenvalue weighted by atomic mass is 79.9. The third-order valence-corrected chi connectivity index (χ3v) is 6.65. The summed E-state index contributed by atoms with van der Waals surface area (Å²) in [5.41, 5.74) is 1.19. The van der Waals surface area contributed by atoms with Crippen molar-refractivity contribution in [2.24, 2.45) is 0 Å². The van der Waals surface area contributed by atoms with Crippen LogP contribution >= 0.6 is 15.9 Å². The standard InChI is InChI=1S/C29H27BrO8/c1-29(2,3)16-7-9-17(10-8-16)37-23-15-36-21-13-18(11-12-19(21)25(23)31)38-28(32)20-14-22(33-4)26(34-5)27(35-6)24(20)30/h7-15H,1-6H3. The maximum absolute atomic E-state index is 13.0. The van der Waals surface area contributed by atoms with Crippen LogP contribution in [0.2, 0.25) is 0 Å². The van der Waals surface area contributed by atoms with Crippen molar-refractivity contribution in [3.8, 4) is 34.5 Å². The maximum Gasteiger partial charge on any atom is 0.344 e. The summed E-state index contributed by atoms with van der Waals surface area (Å²) >= 11 is 3.37. The third-order valence-electron chi connectivity index (χ3n) is 5.86. The van der Waals surface area contributed by atoms with Crippen LogP contribution in [0.3, 0.4) is 0 Å². The summed E-state index contributed by atoms with van der Waals surface area (Å²) in [5, 5.41) is 0.280. The molecule has 9 heteroatoms. The molecule has 0 fully saturated rings. The summed E-state index contributed by atoms with van der Waals surface area (Å²) in [6, 6.07) is 13.5. The van der Waals surface area contributed by atoms with E-state index in [-0.39, 0.29) is 44.6 Å². The zero-order valence-electron chi connectivity index (χ0n) is 21.8. The zero-order valence-corrected chi connectivity index (χ0v) is 23.4. The molecule has 1 aromatic heterocycles. The van der Waals surface area contributed by atoms with Gasteiger partial charge in [-0.3, -0.25) is 4.79 Å². The average molecular weight is 583 g/mol. The Labute approximate surface area is 228 Å². The van der Waals surface area contributed by atoms with E-state index in [1.54, 1.807) is 0 Å². The molecule has 0 aliphatic carbocycles. The van der Waals surface area contributed by atoms with E-state index >= 15 is 0 Å². The van der Waals surface area contributed by atoms with Crippen molar-refractivity contribution in [3.63, 3.8) is 0 Å². The summed E-state index contributed by atoms with van der Waals surface area (Å²) in [6.07, 6.45) is 1.24. The highest BCUT2D eigenvalue weighted by Crippen LogP contribution is 2.45. The number of halogens is 1. The molecule has 0 radical (unpaired) electrons. The molecule has 198 valence electrons. The number of ether oxygens (including phenoxy) is 5. The van der Waals surface area contributed by atoms with Crippen LogP contribution in [0, 0.1) is 0 Å². The van der Waals surface area contributed by atoms with Crippen LogP contribution in [0.1, 0.15) is 36.7 Å². The topological polar surface area (TPSA) is 93.4 Å². The van der Waals surface area contributed by atoms with E-state index < -0.39 is 5.97 Å². The van der Waals surface area contributed by atoms with Crippen molar-refractivity contribution in [3.05, 3.63) is 80.6 Å². The van der Waals surface area contributed by atoms with Gasteiger partial charge in [0.15, 0.2) is 11.5 Å². The molecule has 4 rings (SSSR count). The second-order valence-corrected chi connectivity index (χ2v) is 10.2. The molecule has 0 saturated carbocycles. The largest absolute Gasteiger partial charge is 0.493 e. The van der Waals surface area contributed by atoms with Gasteiger partial charge in [0, 0.05) is 6.07 Å². The predicted octanol–water partition coefficient (Wildman–Crippen LogP) is 6.89. The Balaban J connectivity index is 1.59. The Morgan fingerprint density at radius 3 is 2.11 bits per heavy atom. The number of carbonyl (C=O) groups excluding carboxylic acids is 1. The minimum atomic E-state index is -0.684. The van der Waals surface area contributed by atoms with E-state index in [1.165, 1.54) is 51.9 Å². The fraction of sp³-hybridized carbons (Fsp3) is 0.241. The predicted molar refractivity (Wildman–Crippen MR) is 146 cm³/mol. The first-order chi connectivity index (χ1) is 18.1. The molecule has 3 aromatic carbocycles. The van der Waals surface area contributed by atoms with Crippen molar-refractivity contribution < 1.29 is 32.9 Å². The van der Waals surface area contributed by atoms with Gasteiger partial charge in [-0.2, -0.15) is 0 Å². The van der Waals surface area contributed by atoms with E-state index in [4.69, 9.17) is 28.1 Å². The molecule has 4 aromatic rings. The van der Waals surface area contributed by atoms with Gasteiger partial charge in [-0.15, -0.1) is 0 Å². The van der Waals surface area contributed by atoms with Gasteiger partial charge in [-0.25, -0.2) is 4.79 Å². The maximum atomic E-state index is 13.0. The summed E-state index contributed by atoms with van der Waals surface area (Å²) in [5.74, 6) is 0.968. The van der Waals surface area contributed by atoms with Crippen LogP contribution in [0.4, 0.5) is 0 Å². The number of fused-ring (bicyclic) bond motifs is 1. The Hall–Kier alpha value is -3.98. The Morgan fingerprint density at radius 2 is 1.50 bits per heavy atom. The average Bonchev–Trinajstić information content (AvgIpc) is 2.89. The normalized spacial score (nSPS) is 11.2. The second-order valence-electron chi connectivity index (χ2n) is 9.36. The quantitative estimate of drug-likeness (QED) is 0.172. The van der Waals surface area contributed by atoms with E-state index in [9.17, 15) is 9.59 Å². The highest BCUT2D eigenvalue weighted by Gasteiger charge is 2.24. The van der Waals surface area contributed by atoms with Crippen molar-refractivity contribution in [2.45, 2.75) is 26.2 Å². The molecule has 38 heavy (non-hydrogen) atoms. The molecule has 0 aliphatic rings. The lowest BCUT2D eigenvalue weighted by molar-refractivity contribution is 0.0733. The van der Waals surface area contributed by atoms with Gasteiger partial charge in [-0.05, 0) is 57.2 Å². The highest BCUT2D eigenvalue weighted by molar-refractivity contribution is 9.10. The van der Waals surface area contributed by atoms with Crippen LogP contribution in [-0.2, 0) is 5.41 Å². The molecule has 0 amide bonds. The van der Waals surface area contributed by atoms with Crippen molar-refractivity contribution in [1.82, 2.24) is 0 Å². The van der Waals surface area contributed by atoms with Gasteiger partial charge in [0.05, 0.1) is 36.8 Å². The fourth-order valence-corrected chi connectivity index (χ4v) is 4.42. The molecule has 0 N–H and O–H groups in total. The fourth-order valence-electron chi connectivity index (χ4n) is 3.81. The van der Waals surface area contributed by atoms with Crippen LogP contribution in [-0.4, -0.2) is 27.3 Å². The van der Waals surface area contributed by atoms with Crippen LogP contribution < -0.4 is 29.1 Å². The molecule has 0 bridgehead atoms. The van der Waals surface area contributed by atoms with Crippen molar-refractivity contribution >= 4 is 32.9 Å². The van der Waals surface area contributed by atoms with Gasteiger partial charge >= 0.3 is 5.97 Å². The van der Waals surface area contributed by atoms with E-state index in [1.807, 2.05) is 24.3 Å². The van der Waals surface area contributed by atoms with Gasteiger partial charge in [0.25, 0.3) is 0 Å². The molecular formula is C29H27BrO8. The molecule has 8 nitrogen and oxygen atoms in total. The van der Waals surface area contributed by atoms with Crippen LogP contribution in [0.25, 0.3) is 11.0 Å². The number of rotatable bonds is 7. The minimum absolute atomic E-state index is 0.00324. The lowest BCUT2D eigenvalue weighted by Crippen LogP contribution is -2.11. The monoisotopic (exact) mass is 582 g/mol. The number of hydrogen-bond acceptors (Lipinski definition) is 8. The lowest BCUT2D eigenvalue weighted by Gasteiger charge is -2.19. The Bertz CT molecular complexity index is 1550. The third kappa shape index (κ3) is 5.33. The van der Waals surface area contributed by atoms with Crippen LogP contribution in [0.5, 0.6) is 34.5 Å². The van der Waals surface area contributed by atoms with E-state index in [0.29, 0.717) is 21.7 Å².